The monoisotopic (exact) mass is 229 g/mol. The molecule has 1 aromatic carbocycles. The summed E-state index contributed by atoms with van der Waals surface area (Å²) in [4.78, 5) is 0. The van der Waals surface area contributed by atoms with Gasteiger partial charge in [0.25, 0.3) is 0 Å². The van der Waals surface area contributed by atoms with Crippen molar-refractivity contribution in [2.24, 2.45) is 0 Å². The van der Waals surface area contributed by atoms with Gasteiger partial charge in [-0.15, -0.1) is 0 Å². The molecular formula is C12H20ClNO. The van der Waals surface area contributed by atoms with Crippen LogP contribution in [-0.2, 0) is 0 Å². The molecule has 86 valence electrons. The van der Waals surface area contributed by atoms with Crippen molar-refractivity contribution in [2.45, 2.75) is 19.8 Å². The van der Waals surface area contributed by atoms with E-state index < -0.39 is 0 Å². The van der Waals surface area contributed by atoms with Crippen molar-refractivity contribution in [3.05, 3.63) is 29.3 Å². The van der Waals surface area contributed by atoms with Crippen LogP contribution in [0.25, 0.3) is 0 Å². The van der Waals surface area contributed by atoms with Crippen molar-refractivity contribution in [1.82, 2.24) is 5.32 Å². The van der Waals surface area contributed by atoms with Crippen molar-refractivity contribution in [2.75, 3.05) is 20.7 Å². The van der Waals surface area contributed by atoms with Gasteiger partial charge in [0.2, 0.25) is 0 Å². The fourth-order valence-corrected chi connectivity index (χ4v) is 0.991. The van der Waals surface area contributed by atoms with Crippen LogP contribution in [0.1, 0.15) is 19.8 Å². The van der Waals surface area contributed by atoms with E-state index >= 15 is 0 Å². The van der Waals surface area contributed by atoms with E-state index in [1.54, 1.807) is 0 Å². The molecule has 0 aliphatic heterocycles. The fraction of sp³-hybridized carbons (Fsp3) is 0.500. The molecule has 1 aromatic rings. The van der Waals surface area contributed by atoms with Gasteiger partial charge in [0.1, 0.15) is 5.75 Å². The Morgan fingerprint density at radius 3 is 2.20 bits per heavy atom. The molecule has 0 unspecified atom stereocenters. The molecular weight excluding hydrogens is 210 g/mol. The molecule has 0 aliphatic rings. The van der Waals surface area contributed by atoms with Gasteiger partial charge < -0.3 is 10.1 Å². The summed E-state index contributed by atoms with van der Waals surface area (Å²) in [6.07, 6.45) is 2.26. The smallest absolute Gasteiger partial charge is 0.119 e. The molecule has 0 aromatic heterocycles. The highest BCUT2D eigenvalue weighted by Gasteiger charge is 1.91. The third kappa shape index (κ3) is 8.28. The molecule has 15 heavy (non-hydrogen) atoms. The van der Waals surface area contributed by atoms with Crippen LogP contribution in [0.15, 0.2) is 24.3 Å². The van der Waals surface area contributed by atoms with Crippen LogP contribution in [0.2, 0.25) is 5.02 Å². The lowest BCUT2D eigenvalue weighted by Crippen LogP contribution is -1.95. The Morgan fingerprint density at radius 2 is 1.73 bits per heavy atom. The Kier molecular flexibility index (Phi) is 9.33. The molecule has 0 fully saturated rings. The van der Waals surface area contributed by atoms with Crippen LogP contribution < -0.4 is 10.1 Å². The normalized spacial score (nSPS) is 9.07. The summed E-state index contributed by atoms with van der Waals surface area (Å²) in [5.74, 6) is 0.896. The number of unbranched alkanes of at least 4 members (excludes halogenated alkanes) is 1. The van der Waals surface area contributed by atoms with E-state index in [9.17, 15) is 0 Å². The lowest BCUT2D eigenvalue weighted by atomic mass is 10.3. The molecule has 0 radical (unpaired) electrons. The van der Waals surface area contributed by atoms with E-state index in [0.717, 1.165) is 30.2 Å². The molecule has 0 amide bonds. The first-order chi connectivity index (χ1) is 7.24. The average molecular weight is 230 g/mol. The first kappa shape index (κ1) is 14.3. The summed E-state index contributed by atoms with van der Waals surface area (Å²) >= 11 is 5.72. The van der Waals surface area contributed by atoms with Crippen LogP contribution in [-0.4, -0.2) is 20.7 Å². The number of hydrogen-bond acceptors (Lipinski definition) is 2. The first-order valence-electron chi connectivity index (χ1n) is 5.21. The molecule has 0 heterocycles. The van der Waals surface area contributed by atoms with Gasteiger partial charge in [-0.25, -0.2) is 0 Å². The van der Waals surface area contributed by atoms with E-state index in [2.05, 4.69) is 12.2 Å². The highest BCUT2D eigenvalue weighted by Crippen LogP contribution is 2.15. The van der Waals surface area contributed by atoms with E-state index in [0.29, 0.717) is 0 Å². The zero-order valence-corrected chi connectivity index (χ0v) is 10.5. The Labute approximate surface area is 97.6 Å². The molecule has 0 bridgehead atoms. The minimum atomic E-state index is 0.748. The second-order valence-electron chi connectivity index (χ2n) is 3.16. The Balaban J connectivity index is 0.000000583. The number of rotatable bonds is 4. The summed E-state index contributed by atoms with van der Waals surface area (Å²) in [5.41, 5.74) is 0. The Bertz CT molecular complexity index is 236. The summed E-state index contributed by atoms with van der Waals surface area (Å²) in [6.45, 7) is 2.93. The summed E-state index contributed by atoms with van der Waals surface area (Å²) in [6, 6.07) is 7.45. The van der Waals surface area contributed by atoms with Crippen molar-refractivity contribution in [1.29, 1.82) is 0 Å². The Morgan fingerprint density at radius 1 is 1.20 bits per heavy atom. The third-order valence-corrected chi connectivity index (χ3v) is 1.83. The molecule has 2 nitrogen and oxygen atoms in total. The van der Waals surface area contributed by atoms with Gasteiger partial charge in [-0.05, 0) is 44.8 Å². The molecule has 0 saturated carbocycles. The fourth-order valence-electron chi connectivity index (χ4n) is 0.865. The lowest BCUT2D eigenvalue weighted by Gasteiger charge is -2.03. The maximum absolute atomic E-state index is 5.72. The molecule has 1 rings (SSSR count). The predicted molar refractivity (Wildman–Crippen MR) is 66.8 cm³/mol. The van der Waals surface area contributed by atoms with Crippen molar-refractivity contribution < 1.29 is 4.74 Å². The van der Waals surface area contributed by atoms with Gasteiger partial charge in [-0.1, -0.05) is 24.9 Å². The molecule has 3 heteroatoms. The van der Waals surface area contributed by atoms with Crippen LogP contribution in [0, 0.1) is 0 Å². The van der Waals surface area contributed by atoms with Gasteiger partial charge in [-0.3, -0.25) is 0 Å². The Hall–Kier alpha value is -0.730. The molecule has 0 spiro atoms. The minimum absolute atomic E-state index is 0.748. The zero-order valence-electron chi connectivity index (χ0n) is 9.72. The number of hydrogen-bond donors (Lipinski definition) is 1. The lowest BCUT2D eigenvalue weighted by molar-refractivity contribution is 0.309. The van der Waals surface area contributed by atoms with Crippen LogP contribution >= 0.6 is 11.6 Å². The van der Waals surface area contributed by atoms with Crippen molar-refractivity contribution in [3.8, 4) is 5.75 Å². The average Bonchev–Trinajstić information content (AvgIpc) is 2.23. The highest BCUT2D eigenvalue weighted by molar-refractivity contribution is 6.30. The van der Waals surface area contributed by atoms with Crippen LogP contribution in [0.3, 0.4) is 0 Å². The minimum Gasteiger partial charge on any atom is -0.494 e. The van der Waals surface area contributed by atoms with Crippen LogP contribution in [0.5, 0.6) is 5.75 Å². The highest BCUT2D eigenvalue weighted by atomic mass is 35.5. The molecule has 1 N–H and O–H groups in total. The van der Waals surface area contributed by atoms with Crippen molar-refractivity contribution in [3.63, 3.8) is 0 Å². The summed E-state index contributed by atoms with van der Waals surface area (Å²) in [5, 5.41) is 3.50. The maximum atomic E-state index is 5.72. The quantitative estimate of drug-likeness (QED) is 0.800. The van der Waals surface area contributed by atoms with Gasteiger partial charge in [0.15, 0.2) is 0 Å². The van der Waals surface area contributed by atoms with Gasteiger partial charge in [0, 0.05) is 5.02 Å². The van der Waals surface area contributed by atoms with Crippen LogP contribution in [0.4, 0.5) is 0 Å². The van der Waals surface area contributed by atoms with E-state index in [1.165, 1.54) is 0 Å². The first-order valence-corrected chi connectivity index (χ1v) is 5.59. The standard InChI is InChI=1S/C10H13ClO.C2H7N/c1-2-3-8-12-10-6-4-9(11)5-7-10;1-3-2/h4-7H,2-3,8H2,1H3;3H,1-2H3. The summed E-state index contributed by atoms with van der Waals surface area (Å²) < 4.78 is 5.44. The summed E-state index contributed by atoms with van der Waals surface area (Å²) in [7, 11) is 3.75. The maximum Gasteiger partial charge on any atom is 0.119 e. The van der Waals surface area contributed by atoms with Gasteiger partial charge in [-0.2, -0.15) is 0 Å². The number of benzene rings is 1. The van der Waals surface area contributed by atoms with E-state index in [1.807, 2.05) is 38.4 Å². The van der Waals surface area contributed by atoms with E-state index in [-0.39, 0.29) is 0 Å². The zero-order chi connectivity index (χ0) is 11.5. The number of ether oxygens (including phenoxy) is 1. The van der Waals surface area contributed by atoms with Gasteiger partial charge >= 0.3 is 0 Å². The molecule has 0 atom stereocenters. The predicted octanol–water partition coefficient (Wildman–Crippen LogP) is 3.35. The van der Waals surface area contributed by atoms with Gasteiger partial charge in [0.05, 0.1) is 6.61 Å². The second kappa shape index (κ2) is 9.81. The largest absolute Gasteiger partial charge is 0.494 e. The molecule has 0 saturated heterocycles. The number of nitrogens with one attached hydrogen (secondary N) is 1. The second-order valence-corrected chi connectivity index (χ2v) is 3.59. The number of halogens is 1. The van der Waals surface area contributed by atoms with Crippen molar-refractivity contribution >= 4 is 11.6 Å². The van der Waals surface area contributed by atoms with E-state index in [4.69, 9.17) is 16.3 Å². The SMILES string of the molecule is CCCCOc1ccc(Cl)cc1.CNC. The topological polar surface area (TPSA) is 21.3 Å². The molecule has 0 aliphatic carbocycles. The third-order valence-electron chi connectivity index (χ3n) is 1.58.